The first kappa shape index (κ1) is 17.0. The van der Waals surface area contributed by atoms with Gasteiger partial charge in [0.15, 0.2) is 16.6 Å². The van der Waals surface area contributed by atoms with Crippen LogP contribution in [-0.2, 0) is 11.2 Å². The maximum Gasteiger partial charge on any atom is 0.230 e. The van der Waals surface area contributed by atoms with Crippen LogP contribution in [0.1, 0.15) is 5.56 Å². The zero-order chi connectivity index (χ0) is 17.8. The summed E-state index contributed by atoms with van der Waals surface area (Å²) in [7, 11) is 4.76. The molecule has 1 amide bonds. The van der Waals surface area contributed by atoms with Gasteiger partial charge >= 0.3 is 0 Å². The predicted molar refractivity (Wildman–Crippen MR) is 98.1 cm³/mol. The van der Waals surface area contributed by atoms with Crippen LogP contribution in [0.25, 0.3) is 10.2 Å². The molecule has 25 heavy (non-hydrogen) atoms. The van der Waals surface area contributed by atoms with Crippen molar-refractivity contribution in [3.05, 3.63) is 42.0 Å². The van der Waals surface area contributed by atoms with Crippen molar-refractivity contribution < 1.29 is 19.0 Å². The van der Waals surface area contributed by atoms with Crippen LogP contribution >= 0.6 is 11.3 Å². The van der Waals surface area contributed by atoms with Crippen molar-refractivity contribution in [2.24, 2.45) is 0 Å². The number of fused-ring (bicyclic) bond motifs is 1. The lowest BCUT2D eigenvalue weighted by atomic mass is 10.1. The largest absolute Gasteiger partial charge is 0.497 e. The highest BCUT2D eigenvalue weighted by molar-refractivity contribution is 7.22. The lowest BCUT2D eigenvalue weighted by Crippen LogP contribution is -2.14. The Hall–Kier alpha value is -2.80. The summed E-state index contributed by atoms with van der Waals surface area (Å²) in [5.74, 6) is 1.85. The molecule has 3 aromatic rings. The summed E-state index contributed by atoms with van der Waals surface area (Å²) in [5.41, 5.74) is 1.66. The number of hydrogen-bond acceptors (Lipinski definition) is 6. The summed E-state index contributed by atoms with van der Waals surface area (Å²) >= 11 is 1.41. The third-order valence-electron chi connectivity index (χ3n) is 3.65. The summed E-state index contributed by atoms with van der Waals surface area (Å²) in [6, 6.07) is 11.0. The summed E-state index contributed by atoms with van der Waals surface area (Å²) in [5, 5.41) is 3.40. The maximum absolute atomic E-state index is 12.3. The zero-order valence-corrected chi connectivity index (χ0v) is 15.0. The number of ether oxygens (including phenoxy) is 3. The highest BCUT2D eigenvalue weighted by Crippen LogP contribution is 2.30. The fourth-order valence-corrected chi connectivity index (χ4v) is 3.34. The van der Waals surface area contributed by atoms with E-state index in [0.717, 1.165) is 21.5 Å². The summed E-state index contributed by atoms with van der Waals surface area (Å²) in [4.78, 5) is 16.7. The number of rotatable bonds is 6. The molecular formula is C18H18N2O4S. The molecule has 1 heterocycles. The molecular weight excluding hydrogens is 340 g/mol. The van der Waals surface area contributed by atoms with Gasteiger partial charge < -0.3 is 19.5 Å². The van der Waals surface area contributed by atoms with E-state index in [1.54, 1.807) is 33.5 Å². The van der Waals surface area contributed by atoms with Crippen molar-refractivity contribution in [2.45, 2.75) is 6.42 Å². The average molecular weight is 358 g/mol. The van der Waals surface area contributed by atoms with Crippen LogP contribution in [0.2, 0.25) is 0 Å². The van der Waals surface area contributed by atoms with Crippen LogP contribution in [0, 0.1) is 0 Å². The van der Waals surface area contributed by atoms with Gasteiger partial charge in [-0.05, 0) is 35.9 Å². The molecule has 0 bridgehead atoms. The minimum atomic E-state index is -0.141. The number of nitrogens with one attached hydrogen (secondary N) is 1. The van der Waals surface area contributed by atoms with Gasteiger partial charge in [0.2, 0.25) is 5.91 Å². The number of aromatic nitrogens is 1. The molecule has 1 aromatic heterocycles. The molecule has 0 spiro atoms. The number of anilines is 1. The van der Waals surface area contributed by atoms with E-state index in [4.69, 9.17) is 14.2 Å². The summed E-state index contributed by atoms with van der Waals surface area (Å²) in [6.07, 6.45) is 0.222. The first-order chi connectivity index (χ1) is 12.1. The van der Waals surface area contributed by atoms with Gasteiger partial charge in [0.05, 0.1) is 38.0 Å². The van der Waals surface area contributed by atoms with Crippen molar-refractivity contribution in [1.82, 2.24) is 4.98 Å². The van der Waals surface area contributed by atoms with Gasteiger partial charge in [0.1, 0.15) is 5.75 Å². The van der Waals surface area contributed by atoms with Crippen LogP contribution in [0.15, 0.2) is 36.4 Å². The number of benzene rings is 2. The van der Waals surface area contributed by atoms with Crippen LogP contribution in [0.3, 0.4) is 0 Å². The second-order valence-electron chi connectivity index (χ2n) is 5.27. The van der Waals surface area contributed by atoms with Crippen LogP contribution in [0.4, 0.5) is 5.13 Å². The predicted octanol–water partition coefficient (Wildman–Crippen LogP) is 3.50. The van der Waals surface area contributed by atoms with E-state index in [1.165, 1.54) is 11.3 Å². The Morgan fingerprint density at radius 2 is 1.84 bits per heavy atom. The van der Waals surface area contributed by atoms with E-state index in [0.29, 0.717) is 16.6 Å². The van der Waals surface area contributed by atoms with Crippen molar-refractivity contribution in [1.29, 1.82) is 0 Å². The molecule has 6 nitrogen and oxygen atoms in total. The standard InChI is InChI=1S/C18H18N2O4S/c1-22-12-5-6-13-16(10-12)25-18(19-13)20-17(21)9-11-4-7-14(23-2)15(8-11)24-3/h4-8,10H,9H2,1-3H3,(H,19,20,21). The number of amides is 1. The van der Waals surface area contributed by atoms with Gasteiger partial charge in [0, 0.05) is 0 Å². The van der Waals surface area contributed by atoms with Gasteiger partial charge in [0.25, 0.3) is 0 Å². The third kappa shape index (κ3) is 3.83. The summed E-state index contributed by atoms with van der Waals surface area (Å²) in [6.45, 7) is 0. The number of hydrogen-bond donors (Lipinski definition) is 1. The Kier molecular flexibility index (Phi) is 5.04. The van der Waals surface area contributed by atoms with Gasteiger partial charge in [-0.3, -0.25) is 4.79 Å². The number of thiazole rings is 1. The van der Waals surface area contributed by atoms with E-state index in [-0.39, 0.29) is 12.3 Å². The van der Waals surface area contributed by atoms with Crippen LogP contribution in [-0.4, -0.2) is 32.2 Å². The van der Waals surface area contributed by atoms with E-state index < -0.39 is 0 Å². The molecule has 0 atom stereocenters. The Morgan fingerprint density at radius 3 is 2.56 bits per heavy atom. The summed E-state index contributed by atoms with van der Waals surface area (Å²) < 4.78 is 16.6. The Labute approximate surface area is 149 Å². The number of nitrogens with zero attached hydrogens (tertiary/aromatic N) is 1. The van der Waals surface area contributed by atoms with Crippen molar-refractivity contribution in [3.63, 3.8) is 0 Å². The SMILES string of the molecule is COc1ccc2nc(NC(=O)Cc3ccc(OC)c(OC)c3)sc2c1. The topological polar surface area (TPSA) is 69.7 Å². The highest BCUT2D eigenvalue weighted by atomic mass is 32.1. The molecule has 2 aromatic carbocycles. The minimum Gasteiger partial charge on any atom is -0.497 e. The first-order valence-electron chi connectivity index (χ1n) is 7.58. The third-order valence-corrected chi connectivity index (χ3v) is 4.59. The monoisotopic (exact) mass is 358 g/mol. The van der Waals surface area contributed by atoms with Crippen molar-refractivity contribution in [3.8, 4) is 17.2 Å². The second kappa shape index (κ2) is 7.40. The van der Waals surface area contributed by atoms with E-state index in [2.05, 4.69) is 10.3 Å². The number of carbonyl (C=O) groups excluding carboxylic acids is 1. The minimum absolute atomic E-state index is 0.141. The van der Waals surface area contributed by atoms with Crippen molar-refractivity contribution >= 4 is 32.6 Å². The molecule has 1 N–H and O–H groups in total. The van der Waals surface area contributed by atoms with Crippen molar-refractivity contribution in [2.75, 3.05) is 26.6 Å². The molecule has 0 saturated carbocycles. The average Bonchev–Trinajstić information content (AvgIpc) is 3.02. The molecule has 3 rings (SSSR count). The molecule has 0 aliphatic heterocycles. The molecule has 0 saturated heterocycles. The first-order valence-corrected chi connectivity index (χ1v) is 8.40. The van der Waals surface area contributed by atoms with E-state index in [1.807, 2.05) is 24.3 Å². The Balaban J connectivity index is 1.72. The van der Waals surface area contributed by atoms with Gasteiger partial charge in [-0.25, -0.2) is 4.98 Å². The fraction of sp³-hybridized carbons (Fsp3) is 0.222. The molecule has 0 unspecified atom stereocenters. The molecule has 0 radical (unpaired) electrons. The van der Waals surface area contributed by atoms with Gasteiger partial charge in [-0.2, -0.15) is 0 Å². The van der Waals surface area contributed by atoms with Gasteiger partial charge in [-0.1, -0.05) is 17.4 Å². The van der Waals surface area contributed by atoms with Crippen LogP contribution < -0.4 is 19.5 Å². The molecule has 0 aliphatic rings. The highest BCUT2D eigenvalue weighted by Gasteiger charge is 2.11. The Morgan fingerprint density at radius 1 is 1.04 bits per heavy atom. The number of methoxy groups -OCH3 is 3. The molecule has 0 aliphatic carbocycles. The second-order valence-corrected chi connectivity index (χ2v) is 6.30. The smallest absolute Gasteiger partial charge is 0.230 e. The lowest BCUT2D eigenvalue weighted by Gasteiger charge is -2.09. The normalized spacial score (nSPS) is 10.5. The van der Waals surface area contributed by atoms with Crippen LogP contribution in [0.5, 0.6) is 17.2 Å². The quantitative estimate of drug-likeness (QED) is 0.730. The fourth-order valence-electron chi connectivity index (χ4n) is 2.42. The molecule has 7 heteroatoms. The molecule has 130 valence electrons. The van der Waals surface area contributed by atoms with E-state index in [9.17, 15) is 4.79 Å². The Bertz CT molecular complexity index is 907. The maximum atomic E-state index is 12.3. The molecule has 0 fully saturated rings. The number of carbonyl (C=O) groups is 1. The van der Waals surface area contributed by atoms with E-state index >= 15 is 0 Å². The lowest BCUT2D eigenvalue weighted by molar-refractivity contribution is -0.115. The zero-order valence-electron chi connectivity index (χ0n) is 14.2. The van der Waals surface area contributed by atoms with Gasteiger partial charge in [-0.15, -0.1) is 0 Å².